The van der Waals surface area contributed by atoms with Crippen LogP contribution in [0.25, 0.3) is 21.9 Å². The highest BCUT2D eigenvalue weighted by Gasteiger charge is 2.11. The van der Waals surface area contributed by atoms with Gasteiger partial charge in [-0.2, -0.15) is 0 Å². The summed E-state index contributed by atoms with van der Waals surface area (Å²) in [6, 6.07) is 12.9. The van der Waals surface area contributed by atoms with Crippen LogP contribution in [0.4, 0.5) is 0 Å². The number of hydrogen-bond acceptors (Lipinski definition) is 5. The number of benzene rings is 2. The van der Waals surface area contributed by atoms with Gasteiger partial charge >= 0.3 is 0 Å². The van der Waals surface area contributed by atoms with Gasteiger partial charge in [0.25, 0.3) is 0 Å². The summed E-state index contributed by atoms with van der Waals surface area (Å²) in [7, 11) is 1.91. The topological polar surface area (TPSA) is 51.5 Å². The molecule has 4 nitrogen and oxygen atoms in total. The Balaban J connectivity index is 1.97. The highest BCUT2D eigenvalue weighted by molar-refractivity contribution is 7.95. The van der Waals surface area contributed by atoms with E-state index in [1.54, 1.807) is 6.07 Å². The van der Waals surface area contributed by atoms with E-state index in [0.29, 0.717) is 28.5 Å². The van der Waals surface area contributed by atoms with Crippen LogP contribution in [-0.4, -0.2) is 20.2 Å². The first-order chi connectivity index (χ1) is 10.8. The lowest BCUT2D eigenvalue weighted by Gasteiger charge is -2.07. The van der Waals surface area contributed by atoms with Crippen molar-refractivity contribution in [3.8, 4) is 0 Å². The van der Waals surface area contributed by atoms with Gasteiger partial charge in [-0.3, -0.25) is 4.79 Å². The molecule has 0 aliphatic rings. The molecule has 3 rings (SSSR count). The molecule has 0 unspecified atom stereocenters. The summed E-state index contributed by atoms with van der Waals surface area (Å²) >= 11 is 1.24. The largest absolute Gasteiger partial charge is 0.456 e. The molecule has 0 radical (unpaired) electrons. The van der Waals surface area contributed by atoms with Crippen molar-refractivity contribution in [1.29, 1.82) is 0 Å². The van der Waals surface area contributed by atoms with Crippen molar-refractivity contribution in [1.82, 2.24) is 5.32 Å². The fraction of sp³-hybridized carbons (Fsp3) is 0.235. The zero-order valence-electron chi connectivity index (χ0n) is 12.3. The van der Waals surface area contributed by atoms with Crippen LogP contribution in [0, 0.1) is 0 Å². The van der Waals surface area contributed by atoms with E-state index in [4.69, 9.17) is 8.60 Å². The summed E-state index contributed by atoms with van der Waals surface area (Å²) in [5.74, 6) is 0. The van der Waals surface area contributed by atoms with Crippen LogP contribution >= 0.6 is 12.0 Å². The van der Waals surface area contributed by atoms with Gasteiger partial charge in [-0.25, -0.2) is 0 Å². The molecule has 1 heterocycles. The maximum absolute atomic E-state index is 12.7. The number of fused-ring (bicyclic) bond motifs is 2. The third kappa shape index (κ3) is 3.02. The second-order valence-corrected chi connectivity index (χ2v) is 5.76. The monoisotopic (exact) mass is 315 g/mol. The molecule has 0 saturated heterocycles. The van der Waals surface area contributed by atoms with Gasteiger partial charge in [-0.1, -0.05) is 18.2 Å². The molecule has 0 aliphatic heterocycles. The predicted molar refractivity (Wildman–Crippen MR) is 90.3 cm³/mol. The Labute approximate surface area is 132 Å². The van der Waals surface area contributed by atoms with E-state index in [1.807, 2.05) is 43.4 Å². The number of rotatable bonds is 6. The predicted octanol–water partition coefficient (Wildman–Crippen LogP) is 3.58. The van der Waals surface area contributed by atoms with Gasteiger partial charge in [0.2, 0.25) is 5.43 Å². The fourth-order valence-electron chi connectivity index (χ4n) is 2.30. The van der Waals surface area contributed by atoms with Crippen LogP contribution in [-0.2, 0) is 4.18 Å². The molecule has 5 heteroatoms. The lowest BCUT2D eigenvalue weighted by Crippen LogP contribution is -2.09. The number of hydrogen-bond donors (Lipinski definition) is 1. The van der Waals surface area contributed by atoms with Gasteiger partial charge in [0.15, 0.2) is 0 Å². The van der Waals surface area contributed by atoms with Crippen LogP contribution in [0.3, 0.4) is 0 Å². The van der Waals surface area contributed by atoms with Crippen LogP contribution in [0.2, 0.25) is 0 Å². The fourth-order valence-corrected chi connectivity index (χ4v) is 3.04. The zero-order valence-corrected chi connectivity index (χ0v) is 13.1. The SMILES string of the molecule is CNCCCOSc1cccc2oc3ccccc3c(=O)c12. The smallest absolute Gasteiger partial charge is 0.201 e. The second-order valence-electron chi connectivity index (χ2n) is 4.92. The Hall–Kier alpha value is -1.82. The van der Waals surface area contributed by atoms with E-state index in [9.17, 15) is 4.79 Å². The first-order valence-electron chi connectivity index (χ1n) is 7.20. The van der Waals surface area contributed by atoms with E-state index in [1.165, 1.54) is 12.0 Å². The molecule has 0 fully saturated rings. The van der Waals surface area contributed by atoms with E-state index >= 15 is 0 Å². The third-order valence-corrected chi connectivity index (χ3v) is 4.17. The molecular formula is C17H17NO3S. The molecule has 0 aliphatic carbocycles. The number of para-hydroxylation sites is 1. The van der Waals surface area contributed by atoms with E-state index < -0.39 is 0 Å². The van der Waals surface area contributed by atoms with Crippen molar-refractivity contribution < 1.29 is 8.60 Å². The average molecular weight is 315 g/mol. The molecular weight excluding hydrogens is 298 g/mol. The highest BCUT2D eigenvalue weighted by atomic mass is 32.2. The van der Waals surface area contributed by atoms with Crippen molar-refractivity contribution in [2.75, 3.05) is 20.2 Å². The summed E-state index contributed by atoms with van der Waals surface area (Å²) in [5.41, 5.74) is 1.18. The van der Waals surface area contributed by atoms with Gasteiger partial charge in [0.05, 0.1) is 22.3 Å². The van der Waals surface area contributed by atoms with Gasteiger partial charge in [0.1, 0.15) is 11.2 Å². The Kier molecular flexibility index (Phi) is 4.77. The number of nitrogens with one attached hydrogen (secondary N) is 1. The Morgan fingerprint density at radius 2 is 1.95 bits per heavy atom. The normalized spacial score (nSPS) is 11.3. The highest BCUT2D eigenvalue weighted by Crippen LogP contribution is 2.28. The summed E-state index contributed by atoms with van der Waals surface area (Å²) in [6.07, 6.45) is 0.922. The molecule has 22 heavy (non-hydrogen) atoms. The molecule has 2 aromatic carbocycles. The Bertz CT molecular complexity index is 844. The molecule has 0 amide bonds. The first kappa shape index (κ1) is 15.1. The van der Waals surface area contributed by atoms with E-state index in [2.05, 4.69) is 5.32 Å². The van der Waals surface area contributed by atoms with Crippen LogP contribution in [0.1, 0.15) is 6.42 Å². The quantitative estimate of drug-likeness (QED) is 0.428. The Morgan fingerprint density at radius 3 is 2.82 bits per heavy atom. The van der Waals surface area contributed by atoms with E-state index in [-0.39, 0.29) is 5.43 Å². The molecule has 1 N–H and O–H groups in total. The average Bonchev–Trinajstić information content (AvgIpc) is 2.55. The summed E-state index contributed by atoms with van der Waals surface area (Å²) in [6.45, 7) is 1.53. The Morgan fingerprint density at radius 1 is 1.14 bits per heavy atom. The minimum atomic E-state index is -0.0150. The molecule has 0 atom stereocenters. The van der Waals surface area contributed by atoms with Gasteiger partial charge in [0, 0.05) is 12.0 Å². The summed E-state index contributed by atoms with van der Waals surface area (Å²) < 4.78 is 11.4. The van der Waals surface area contributed by atoms with Gasteiger partial charge < -0.3 is 13.9 Å². The van der Waals surface area contributed by atoms with Crippen molar-refractivity contribution >= 4 is 34.0 Å². The van der Waals surface area contributed by atoms with Crippen molar-refractivity contribution in [2.45, 2.75) is 11.3 Å². The van der Waals surface area contributed by atoms with Crippen LogP contribution < -0.4 is 10.7 Å². The molecule has 114 valence electrons. The molecule has 1 aromatic heterocycles. The van der Waals surface area contributed by atoms with Gasteiger partial charge in [-0.05, 0) is 44.3 Å². The molecule has 0 bridgehead atoms. The van der Waals surface area contributed by atoms with Crippen molar-refractivity contribution in [3.63, 3.8) is 0 Å². The maximum atomic E-state index is 12.7. The molecule has 3 aromatic rings. The maximum Gasteiger partial charge on any atom is 0.201 e. The standard InChI is InChI=1S/C17H17NO3S/c1-18-10-5-11-20-22-15-9-4-8-14-16(15)17(19)12-6-2-3-7-13(12)21-14/h2-4,6-9,18H,5,10-11H2,1H3. The lowest BCUT2D eigenvalue weighted by molar-refractivity contribution is 0.363. The summed E-state index contributed by atoms with van der Waals surface area (Å²) in [5, 5.41) is 4.25. The van der Waals surface area contributed by atoms with Crippen LogP contribution in [0.5, 0.6) is 0 Å². The molecule has 0 saturated carbocycles. The van der Waals surface area contributed by atoms with Crippen molar-refractivity contribution in [3.05, 3.63) is 52.7 Å². The lowest BCUT2D eigenvalue weighted by atomic mass is 10.1. The van der Waals surface area contributed by atoms with Crippen molar-refractivity contribution in [2.24, 2.45) is 0 Å². The van der Waals surface area contributed by atoms with Gasteiger partial charge in [-0.15, -0.1) is 0 Å². The second kappa shape index (κ2) is 6.96. The minimum absolute atomic E-state index is 0.0150. The third-order valence-electron chi connectivity index (χ3n) is 3.37. The van der Waals surface area contributed by atoms with Crippen LogP contribution in [0.15, 0.2) is 56.6 Å². The first-order valence-corrected chi connectivity index (χ1v) is 7.94. The van der Waals surface area contributed by atoms with E-state index in [0.717, 1.165) is 17.9 Å². The minimum Gasteiger partial charge on any atom is -0.456 e. The zero-order chi connectivity index (χ0) is 15.4. The summed E-state index contributed by atoms with van der Waals surface area (Å²) in [4.78, 5) is 13.5. The molecule has 0 spiro atoms.